The molecular weight excluding hydrogens is 452 g/mol. The predicted molar refractivity (Wildman–Crippen MR) is 118 cm³/mol. The van der Waals surface area contributed by atoms with Gasteiger partial charge in [0.05, 0.1) is 10.6 Å². The van der Waals surface area contributed by atoms with Crippen molar-refractivity contribution in [2.45, 2.75) is 23.8 Å². The molecule has 3 aromatic rings. The highest BCUT2D eigenvalue weighted by Crippen LogP contribution is 2.27. The zero-order valence-corrected chi connectivity index (χ0v) is 18.0. The fourth-order valence-electron chi connectivity index (χ4n) is 3.46. The summed E-state index contributed by atoms with van der Waals surface area (Å²) in [5.41, 5.74) is 1.23. The molecule has 1 unspecified atom stereocenters. The third-order valence-electron chi connectivity index (χ3n) is 5.14. The Balaban J connectivity index is 1.64. The lowest BCUT2D eigenvalue weighted by Gasteiger charge is -2.21. The molecule has 0 radical (unpaired) electrons. The van der Waals surface area contributed by atoms with Crippen LogP contribution in [0.4, 0.5) is 20.2 Å². The lowest BCUT2D eigenvalue weighted by molar-refractivity contribution is -0.118. The van der Waals surface area contributed by atoms with Crippen molar-refractivity contribution in [2.24, 2.45) is 0 Å². The van der Waals surface area contributed by atoms with E-state index in [-0.39, 0.29) is 22.9 Å². The van der Waals surface area contributed by atoms with Gasteiger partial charge in [0.15, 0.2) is 0 Å². The number of fused-ring (bicyclic) bond motifs is 1. The summed E-state index contributed by atoms with van der Waals surface area (Å²) in [6.45, 7) is 0. The average molecular weight is 471 g/mol. The van der Waals surface area contributed by atoms with E-state index < -0.39 is 33.6 Å². The quantitative estimate of drug-likeness (QED) is 0.512. The maximum absolute atomic E-state index is 14.0. The third-order valence-corrected chi connectivity index (χ3v) is 6.56. The predicted octanol–water partition coefficient (Wildman–Crippen LogP) is 3.51. The minimum absolute atomic E-state index is 0.0842. The summed E-state index contributed by atoms with van der Waals surface area (Å²) in [5, 5.41) is 4.99. The van der Waals surface area contributed by atoms with Crippen molar-refractivity contribution in [3.63, 3.8) is 0 Å². The van der Waals surface area contributed by atoms with E-state index in [1.54, 1.807) is 30.3 Å². The molecule has 0 saturated carbocycles. The van der Waals surface area contributed by atoms with Crippen molar-refractivity contribution in [1.29, 1.82) is 0 Å². The number of anilines is 2. The number of amides is 2. The van der Waals surface area contributed by atoms with Crippen LogP contribution in [0.15, 0.2) is 71.6 Å². The van der Waals surface area contributed by atoms with Gasteiger partial charge in [-0.25, -0.2) is 17.2 Å². The zero-order chi connectivity index (χ0) is 23.6. The van der Waals surface area contributed by atoms with E-state index in [2.05, 4.69) is 15.4 Å². The van der Waals surface area contributed by atoms with E-state index >= 15 is 0 Å². The van der Waals surface area contributed by atoms with Gasteiger partial charge in [0, 0.05) is 18.2 Å². The summed E-state index contributed by atoms with van der Waals surface area (Å²) in [6.07, 6.45) is 0.624. The second-order valence-corrected chi connectivity index (χ2v) is 9.16. The average Bonchev–Trinajstić information content (AvgIpc) is 2.79. The molecule has 0 aliphatic carbocycles. The van der Waals surface area contributed by atoms with E-state index in [0.717, 1.165) is 12.1 Å². The molecule has 0 bridgehead atoms. The molecule has 0 spiro atoms. The highest BCUT2D eigenvalue weighted by atomic mass is 32.2. The van der Waals surface area contributed by atoms with Crippen LogP contribution < -0.4 is 15.4 Å². The van der Waals surface area contributed by atoms with Crippen LogP contribution in [0.25, 0.3) is 0 Å². The maximum Gasteiger partial charge on any atom is 0.247 e. The summed E-state index contributed by atoms with van der Waals surface area (Å²) in [7, 11) is -4.19. The van der Waals surface area contributed by atoms with Crippen molar-refractivity contribution in [3.8, 4) is 0 Å². The van der Waals surface area contributed by atoms with Gasteiger partial charge in [0.2, 0.25) is 21.8 Å². The number of halogens is 2. The Morgan fingerprint density at radius 2 is 1.73 bits per heavy atom. The fraction of sp³-hybridized carbons (Fsp3) is 0.130. The Morgan fingerprint density at radius 3 is 2.45 bits per heavy atom. The van der Waals surface area contributed by atoms with Crippen LogP contribution in [0.5, 0.6) is 0 Å². The molecule has 0 fully saturated rings. The molecule has 0 aromatic heterocycles. The maximum atomic E-state index is 14.0. The Labute approximate surface area is 188 Å². The molecule has 0 saturated heterocycles. The summed E-state index contributed by atoms with van der Waals surface area (Å²) in [5.74, 6) is -2.80. The molecule has 3 aromatic carbocycles. The topological polar surface area (TPSA) is 104 Å². The summed E-state index contributed by atoms with van der Waals surface area (Å²) in [4.78, 5) is 24.4. The summed E-state index contributed by atoms with van der Waals surface area (Å²) in [6, 6.07) is 13.6. The number of hydrogen-bond donors (Lipinski definition) is 3. The van der Waals surface area contributed by atoms with Crippen molar-refractivity contribution >= 4 is 33.2 Å². The molecule has 170 valence electrons. The molecular formula is C23H19F2N3O4S. The molecule has 10 heteroatoms. The van der Waals surface area contributed by atoms with E-state index in [0.29, 0.717) is 29.3 Å². The molecule has 1 atom stereocenters. The summed E-state index contributed by atoms with van der Waals surface area (Å²) >= 11 is 0. The number of benzene rings is 3. The molecule has 1 aliphatic heterocycles. The normalized spacial score (nSPS) is 14.2. The first-order valence-electron chi connectivity index (χ1n) is 9.99. The van der Waals surface area contributed by atoms with Crippen LogP contribution >= 0.6 is 0 Å². The first-order valence-corrected chi connectivity index (χ1v) is 11.5. The van der Waals surface area contributed by atoms with E-state index in [9.17, 15) is 26.8 Å². The number of sulfonamides is 1. The van der Waals surface area contributed by atoms with Crippen LogP contribution in [0, 0.1) is 11.6 Å². The highest BCUT2D eigenvalue weighted by molar-refractivity contribution is 7.89. The van der Waals surface area contributed by atoms with Gasteiger partial charge in [-0.05, 0) is 47.9 Å². The van der Waals surface area contributed by atoms with E-state index in [1.807, 2.05) is 0 Å². The van der Waals surface area contributed by atoms with Crippen LogP contribution in [-0.4, -0.2) is 20.2 Å². The van der Waals surface area contributed by atoms with Gasteiger partial charge in [-0.15, -0.1) is 0 Å². The number of aryl methyl sites for hydroxylation is 1. The monoisotopic (exact) mass is 471 g/mol. The Morgan fingerprint density at radius 1 is 0.970 bits per heavy atom. The van der Waals surface area contributed by atoms with Gasteiger partial charge in [0.25, 0.3) is 0 Å². The number of rotatable bonds is 6. The fourth-order valence-corrected chi connectivity index (χ4v) is 4.70. The van der Waals surface area contributed by atoms with Gasteiger partial charge >= 0.3 is 0 Å². The Hall–Kier alpha value is -3.63. The van der Waals surface area contributed by atoms with Crippen LogP contribution in [-0.2, 0) is 26.0 Å². The van der Waals surface area contributed by atoms with Crippen molar-refractivity contribution < 1.29 is 26.8 Å². The van der Waals surface area contributed by atoms with Gasteiger partial charge < -0.3 is 10.6 Å². The molecule has 2 amide bonds. The van der Waals surface area contributed by atoms with Crippen molar-refractivity contribution in [3.05, 3.63) is 89.5 Å². The number of hydrogen-bond acceptors (Lipinski definition) is 4. The molecule has 33 heavy (non-hydrogen) atoms. The highest BCUT2D eigenvalue weighted by Gasteiger charge is 2.29. The number of carbonyl (C=O) groups is 2. The second-order valence-electron chi connectivity index (χ2n) is 7.45. The van der Waals surface area contributed by atoms with Crippen molar-refractivity contribution in [1.82, 2.24) is 4.72 Å². The van der Waals surface area contributed by atoms with Gasteiger partial charge in [0.1, 0.15) is 17.7 Å². The Bertz CT molecular complexity index is 1330. The van der Waals surface area contributed by atoms with Crippen molar-refractivity contribution in [2.75, 3.05) is 10.6 Å². The van der Waals surface area contributed by atoms with Crippen LogP contribution in [0.2, 0.25) is 0 Å². The molecule has 1 heterocycles. The lowest BCUT2D eigenvalue weighted by Crippen LogP contribution is -2.37. The van der Waals surface area contributed by atoms with Gasteiger partial charge in [-0.2, -0.15) is 4.72 Å². The zero-order valence-electron chi connectivity index (χ0n) is 17.1. The SMILES string of the molecule is O=C1CCc2cc(S(=O)(=O)NC(C(=O)Nc3ccc(F)cc3F)c3ccccc3)ccc2N1. The summed E-state index contributed by atoms with van der Waals surface area (Å²) < 4.78 is 55.9. The largest absolute Gasteiger partial charge is 0.326 e. The Kier molecular flexibility index (Phi) is 6.21. The van der Waals surface area contributed by atoms with Gasteiger partial charge in [-0.3, -0.25) is 9.59 Å². The van der Waals surface area contributed by atoms with Crippen LogP contribution in [0.3, 0.4) is 0 Å². The van der Waals surface area contributed by atoms with Crippen LogP contribution in [0.1, 0.15) is 23.6 Å². The second kappa shape index (κ2) is 9.08. The van der Waals surface area contributed by atoms with E-state index in [1.165, 1.54) is 18.2 Å². The molecule has 1 aliphatic rings. The van der Waals surface area contributed by atoms with Gasteiger partial charge in [-0.1, -0.05) is 30.3 Å². The lowest BCUT2D eigenvalue weighted by atomic mass is 10.0. The minimum Gasteiger partial charge on any atom is -0.326 e. The standard InChI is InChI=1S/C23H19F2N3O4S/c24-16-7-9-20(18(25)13-16)27-23(30)22(14-4-2-1-3-5-14)28-33(31,32)17-8-10-19-15(12-17)6-11-21(29)26-19/h1-5,7-10,12-13,22,28H,6,11H2,(H,26,29)(H,27,30). The molecule has 4 rings (SSSR count). The molecule has 3 N–H and O–H groups in total. The minimum atomic E-state index is -4.19. The number of carbonyl (C=O) groups excluding carboxylic acids is 2. The first-order chi connectivity index (χ1) is 15.7. The first kappa shape index (κ1) is 22.6. The third kappa shape index (κ3) is 5.07. The number of nitrogens with one attached hydrogen (secondary N) is 3. The van der Waals surface area contributed by atoms with E-state index in [4.69, 9.17) is 0 Å². The molecule has 7 nitrogen and oxygen atoms in total. The smallest absolute Gasteiger partial charge is 0.247 e.